The van der Waals surface area contributed by atoms with Gasteiger partial charge in [0.15, 0.2) is 0 Å². The summed E-state index contributed by atoms with van der Waals surface area (Å²) in [6, 6.07) is 7.18. The van der Waals surface area contributed by atoms with E-state index in [2.05, 4.69) is 15.4 Å². The highest BCUT2D eigenvalue weighted by Gasteiger charge is 2.34. The number of ether oxygens (including phenoxy) is 1. The van der Waals surface area contributed by atoms with Crippen LogP contribution < -0.4 is 15.4 Å². The number of furan rings is 1. The average molecular weight is 493 g/mol. The number of benzene rings is 1. The number of aryl methyl sites for hydroxylation is 2. The molecule has 0 atom stereocenters. The van der Waals surface area contributed by atoms with Gasteiger partial charge in [-0.05, 0) is 55.4 Å². The summed E-state index contributed by atoms with van der Waals surface area (Å²) in [5.74, 6) is -0.468. The maximum Gasteiger partial charge on any atom is 0.387 e. The highest BCUT2D eigenvalue weighted by atomic mass is 32.2. The van der Waals surface area contributed by atoms with E-state index in [1.165, 1.54) is 30.3 Å². The van der Waals surface area contributed by atoms with Crippen LogP contribution >= 0.6 is 11.8 Å². The minimum absolute atomic E-state index is 0.00351. The van der Waals surface area contributed by atoms with Gasteiger partial charge in [-0.2, -0.15) is 8.78 Å². The molecule has 0 aliphatic carbocycles. The molecule has 1 aromatic heterocycles. The lowest BCUT2D eigenvalue weighted by atomic mass is 10.2. The summed E-state index contributed by atoms with van der Waals surface area (Å²) in [7, 11) is 0. The summed E-state index contributed by atoms with van der Waals surface area (Å²) in [4.78, 5) is 50.0. The van der Waals surface area contributed by atoms with Gasteiger partial charge in [0, 0.05) is 13.1 Å². The Bertz CT molecular complexity index is 1130. The van der Waals surface area contributed by atoms with Crippen molar-refractivity contribution >= 4 is 40.8 Å². The normalized spacial score (nSPS) is 14.7. The van der Waals surface area contributed by atoms with Crippen molar-refractivity contribution in [3.05, 3.63) is 57.9 Å². The summed E-state index contributed by atoms with van der Waals surface area (Å²) >= 11 is 0.734. The van der Waals surface area contributed by atoms with Crippen molar-refractivity contribution in [3.8, 4) is 5.75 Å². The van der Waals surface area contributed by atoms with E-state index in [-0.39, 0.29) is 30.3 Å². The lowest BCUT2D eigenvalue weighted by Crippen LogP contribution is -2.41. The Hall–Kier alpha value is -3.67. The smallest absolute Gasteiger partial charge is 0.387 e. The highest BCUT2D eigenvalue weighted by molar-refractivity contribution is 8.18. The van der Waals surface area contributed by atoms with Crippen LogP contribution in [0.4, 0.5) is 13.6 Å². The summed E-state index contributed by atoms with van der Waals surface area (Å²) in [5, 5.41) is 4.51. The number of rotatable bonds is 9. The zero-order chi connectivity index (χ0) is 24.8. The number of imide groups is 1. The molecule has 1 aliphatic heterocycles. The molecule has 34 heavy (non-hydrogen) atoms. The summed E-state index contributed by atoms with van der Waals surface area (Å²) < 4.78 is 34.0. The minimum atomic E-state index is -2.94. The van der Waals surface area contributed by atoms with Crippen LogP contribution in [0.15, 0.2) is 39.7 Å². The molecule has 2 aromatic rings. The first-order chi connectivity index (χ1) is 16.1. The molecule has 3 rings (SSSR count). The molecule has 0 radical (unpaired) electrons. The topological polar surface area (TPSA) is 118 Å². The van der Waals surface area contributed by atoms with Crippen LogP contribution in [0, 0.1) is 13.8 Å². The van der Waals surface area contributed by atoms with Crippen LogP contribution in [-0.4, -0.2) is 54.1 Å². The van der Waals surface area contributed by atoms with Gasteiger partial charge in [-0.25, -0.2) is 0 Å². The van der Waals surface area contributed by atoms with Crippen molar-refractivity contribution in [2.45, 2.75) is 20.5 Å². The molecule has 9 nitrogen and oxygen atoms in total. The maximum atomic E-state index is 12.5. The number of carbonyl (C=O) groups excluding carboxylic acids is 4. The van der Waals surface area contributed by atoms with E-state index in [4.69, 9.17) is 4.42 Å². The molecule has 1 saturated heterocycles. The van der Waals surface area contributed by atoms with Crippen LogP contribution in [0.3, 0.4) is 0 Å². The monoisotopic (exact) mass is 493 g/mol. The largest absolute Gasteiger partial charge is 0.466 e. The summed E-state index contributed by atoms with van der Waals surface area (Å²) in [6.45, 7) is 0.0766. The van der Waals surface area contributed by atoms with Crippen LogP contribution in [-0.2, 0) is 9.59 Å². The average Bonchev–Trinajstić information content (AvgIpc) is 3.25. The molecule has 12 heteroatoms. The van der Waals surface area contributed by atoms with Crippen molar-refractivity contribution in [1.82, 2.24) is 15.5 Å². The van der Waals surface area contributed by atoms with Gasteiger partial charge in [-0.3, -0.25) is 24.1 Å². The third kappa shape index (κ3) is 6.44. The fraction of sp³-hybridized carbons (Fsp3) is 0.273. The third-order valence-corrected chi connectivity index (χ3v) is 5.54. The second kappa shape index (κ2) is 11.0. The van der Waals surface area contributed by atoms with E-state index in [9.17, 15) is 28.0 Å². The molecule has 1 fully saturated rings. The van der Waals surface area contributed by atoms with E-state index in [1.54, 1.807) is 19.9 Å². The molecule has 0 unspecified atom stereocenters. The predicted octanol–water partition coefficient (Wildman–Crippen LogP) is 3.08. The molecule has 2 N–H and O–H groups in total. The van der Waals surface area contributed by atoms with Crippen LogP contribution in [0.1, 0.15) is 27.4 Å². The number of amides is 4. The van der Waals surface area contributed by atoms with E-state index in [0.717, 1.165) is 16.7 Å². The van der Waals surface area contributed by atoms with Crippen molar-refractivity contribution in [1.29, 1.82) is 0 Å². The van der Waals surface area contributed by atoms with Crippen molar-refractivity contribution in [3.63, 3.8) is 0 Å². The molecule has 0 bridgehead atoms. The molecule has 180 valence electrons. The zero-order valence-corrected chi connectivity index (χ0v) is 19.0. The Labute approximate surface area is 197 Å². The predicted molar refractivity (Wildman–Crippen MR) is 119 cm³/mol. The summed E-state index contributed by atoms with van der Waals surface area (Å²) in [6.07, 6.45) is 1.46. The number of thioether (sulfide) groups is 1. The number of halogens is 2. The Morgan fingerprint density at radius 2 is 1.88 bits per heavy atom. The molecule has 4 amide bonds. The second-order valence-electron chi connectivity index (χ2n) is 7.14. The summed E-state index contributed by atoms with van der Waals surface area (Å²) in [5.41, 5.74) is 0.866. The minimum Gasteiger partial charge on any atom is -0.466 e. The van der Waals surface area contributed by atoms with Gasteiger partial charge < -0.3 is 19.8 Å². The Balaban J connectivity index is 1.47. The number of hydrogen-bond acceptors (Lipinski definition) is 7. The Morgan fingerprint density at radius 1 is 1.18 bits per heavy atom. The standard InChI is InChI=1S/C22H21F2N3O6S/c1-12-9-16(13(2)32-12)19(29)26-11-18(28)25-7-8-27-20(30)17(34-22(27)31)10-14-3-5-15(6-4-14)33-21(23)24/h3-6,9-10,21H,7-8,11H2,1-2H3,(H,25,28)(H,26,29). The van der Waals surface area contributed by atoms with E-state index < -0.39 is 29.6 Å². The van der Waals surface area contributed by atoms with Crippen molar-refractivity contribution in [2.24, 2.45) is 0 Å². The fourth-order valence-corrected chi connectivity index (χ4v) is 3.94. The van der Waals surface area contributed by atoms with Crippen molar-refractivity contribution < 1.29 is 37.1 Å². The van der Waals surface area contributed by atoms with Crippen LogP contribution in [0.25, 0.3) is 6.08 Å². The SMILES string of the molecule is Cc1cc(C(=O)NCC(=O)NCCN2C(=O)SC(=Cc3ccc(OC(F)F)cc3)C2=O)c(C)o1. The van der Waals surface area contributed by atoms with Gasteiger partial charge in [0.1, 0.15) is 17.3 Å². The molecular weight excluding hydrogens is 472 g/mol. The first kappa shape index (κ1) is 25.0. The molecule has 0 saturated carbocycles. The van der Waals surface area contributed by atoms with Gasteiger partial charge in [-0.15, -0.1) is 0 Å². The van der Waals surface area contributed by atoms with Crippen LogP contribution in [0.5, 0.6) is 5.75 Å². The van der Waals surface area contributed by atoms with Crippen LogP contribution in [0.2, 0.25) is 0 Å². The number of nitrogens with zero attached hydrogens (tertiary/aromatic N) is 1. The first-order valence-corrected chi connectivity index (χ1v) is 10.9. The molecule has 1 aromatic carbocycles. The van der Waals surface area contributed by atoms with E-state index in [1.807, 2.05) is 0 Å². The first-order valence-electron chi connectivity index (χ1n) is 10.1. The highest BCUT2D eigenvalue weighted by Crippen LogP contribution is 2.32. The molecule has 1 aliphatic rings. The third-order valence-electron chi connectivity index (χ3n) is 4.63. The number of hydrogen-bond donors (Lipinski definition) is 2. The Kier molecular flexibility index (Phi) is 8.05. The van der Waals surface area contributed by atoms with Gasteiger partial charge in [0.05, 0.1) is 17.0 Å². The lowest BCUT2D eigenvalue weighted by Gasteiger charge is -2.13. The lowest BCUT2D eigenvalue weighted by molar-refractivity contribution is -0.124. The maximum absolute atomic E-state index is 12.5. The molecular formula is C22H21F2N3O6S. The number of alkyl halides is 2. The zero-order valence-electron chi connectivity index (χ0n) is 18.2. The van der Waals surface area contributed by atoms with E-state index in [0.29, 0.717) is 22.6 Å². The fourth-order valence-electron chi connectivity index (χ4n) is 3.07. The van der Waals surface area contributed by atoms with Gasteiger partial charge in [-0.1, -0.05) is 12.1 Å². The second-order valence-corrected chi connectivity index (χ2v) is 8.13. The van der Waals surface area contributed by atoms with E-state index >= 15 is 0 Å². The number of nitrogens with one attached hydrogen (secondary N) is 2. The van der Waals surface area contributed by atoms with Crippen molar-refractivity contribution in [2.75, 3.05) is 19.6 Å². The van der Waals surface area contributed by atoms with Gasteiger partial charge >= 0.3 is 6.61 Å². The van der Waals surface area contributed by atoms with Gasteiger partial charge in [0.2, 0.25) is 5.91 Å². The quantitative estimate of drug-likeness (QED) is 0.516. The van der Waals surface area contributed by atoms with Gasteiger partial charge in [0.25, 0.3) is 17.1 Å². The Morgan fingerprint density at radius 3 is 2.50 bits per heavy atom. The molecule has 2 heterocycles. The molecule has 0 spiro atoms. The number of carbonyl (C=O) groups is 4.